The van der Waals surface area contributed by atoms with E-state index in [4.69, 9.17) is 4.74 Å². The summed E-state index contributed by atoms with van der Waals surface area (Å²) in [5.74, 6) is 0.00990. The molecule has 0 saturated carbocycles. The van der Waals surface area contributed by atoms with Gasteiger partial charge in [-0.2, -0.15) is 0 Å². The quantitative estimate of drug-likeness (QED) is 0.598. The predicted molar refractivity (Wildman–Crippen MR) is 96.7 cm³/mol. The Hall–Kier alpha value is -1.78. The zero-order valence-electron chi connectivity index (χ0n) is 15.3. The second kappa shape index (κ2) is 10.9. The summed E-state index contributed by atoms with van der Waals surface area (Å²) in [6, 6.07) is 0. The monoisotopic (exact) mass is 336 g/mol. The van der Waals surface area contributed by atoms with Crippen molar-refractivity contribution in [1.29, 1.82) is 0 Å². The number of rotatable bonds is 10. The molecule has 0 unspecified atom stereocenters. The van der Waals surface area contributed by atoms with Gasteiger partial charge in [-0.15, -0.1) is 0 Å². The third kappa shape index (κ3) is 10.1. The molecule has 24 heavy (non-hydrogen) atoms. The molecule has 0 spiro atoms. The van der Waals surface area contributed by atoms with Gasteiger partial charge in [-0.3, -0.25) is 4.79 Å². The van der Waals surface area contributed by atoms with Crippen LogP contribution in [0.3, 0.4) is 0 Å². The van der Waals surface area contributed by atoms with Crippen LogP contribution in [0.4, 0.5) is 4.79 Å². The first kappa shape index (κ1) is 20.3. The second-order valence-corrected chi connectivity index (χ2v) is 7.14. The lowest BCUT2D eigenvalue weighted by Gasteiger charge is -2.19. The number of ether oxygens (including phenoxy) is 1. The zero-order valence-corrected chi connectivity index (χ0v) is 15.3. The largest absolute Gasteiger partial charge is 0.444 e. The van der Waals surface area contributed by atoms with Crippen molar-refractivity contribution in [3.05, 3.63) is 24.3 Å². The van der Waals surface area contributed by atoms with Gasteiger partial charge in [0.15, 0.2) is 0 Å². The molecule has 5 nitrogen and oxygen atoms in total. The molecule has 5 heteroatoms. The number of carbonyl (C=O) groups excluding carboxylic acids is 2. The summed E-state index contributed by atoms with van der Waals surface area (Å²) in [6.45, 7) is 6.98. The fourth-order valence-electron chi connectivity index (χ4n) is 2.40. The molecule has 1 aliphatic carbocycles. The van der Waals surface area contributed by atoms with Crippen LogP contribution in [0.25, 0.3) is 0 Å². The van der Waals surface area contributed by atoms with Crippen LogP contribution in [-0.4, -0.2) is 30.7 Å². The van der Waals surface area contributed by atoms with E-state index in [0.717, 1.165) is 45.1 Å². The minimum atomic E-state index is -0.441. The van der Waals surface area contributed by atoms with Crippen LogP contribution in [0.15, 0.2) is 24.3 Å². The Morgan fingerprint density at radius 3 is 1.92 bits per heavy atom. The molecule has 136 valence electrons. The maximum absolute atomic E-state index is 11.7. The summed E-state index contributed by atoms with van der Waals surface area (Å²) in [6.07, 6.45) is 13.8. The van der Waals surface area contributed by atoms with Crippen molar-refractivity contribution in [2.75, 3.05) is 13.1 Å². The maximum Gasteiger partial charge on any atom is 0.407 e. The van der Waals surface area contributed by atoms with Crippen molar-refractivity contribution in [1.82, 2.24) is 10.6 Å². The minimum absolute atomic E-state index is 0.0810. The van der Waals surface area contributed by atoms with E-state index in [9.17, 15) is 9.59 Å². The van der Waals surface area contributed by atoms with Gasteiger partial charge in [0.25, 0.3) is 0 Å². The zero-order chi connectivity index (χ0) is 17.8. The summed E-state index contributed by atoms with van der Waals surface area (Å²) in [4.78, 5) is 23.2. The van der Waals surface area contributed by atoms with E-state index in [1.54, 1.807) is 0 Å². The smallest absolute Gasteiger partial charge is 0.407 e. The van der Waals surface area contributed by atoms with E-state index < -0.39 is 5.60 Å². The van der Waals surface area contributed by atoms with Crippen LogP contribution in [0.2, 0.25) is 0 Å². The van der Waals surface area contributed by atoms with Crippen molar-refractivity contribution in [2.24, 2.45) is 5.92 Å². The summed E-state index contributed by atoms with van der Waals surface area (Å²) in [5, 5.41) is 5.73. The van der Waals surface area contributed by atoms with Crippen LogP contribution >= 0.6 is 0 Å². The fourth-order valence-corrected chi connectivity index (χ4v) is 2.40. The van der Waals surface area contributed by atoms with Crippen molar-refractivity contribution < 1.29 is 14.3 Å². The Morgan fingerprint density at radius 1 is 0.875 bits per heavy atom. The number of amides is 2. The lowest BCUT2D eigenvalue weighted by molar-refractivity contribution is -0.122. The predicted octanol–water partition coefficient (Wildman–Crippen LogP) is 3.71. The number of nitrogens with one attached hydrogen (secondary N) is 2. The molecule has 2 N–H and O–H groups in total. The van der Waals surface area contributed by atoms with Gasteiger partial charge in [0.1, 0.15) is 5.60 Å². The van der Waals surface area contributed by atoms with E-state index in [1.165, 1.54) is 0 Å². The Balaban J connectivity index is 1.85. The van der Waals surface area contributed by atoms with Crippen LogP contribution in [-0.2, 0) is 9.53 Å². The van der Waals surface area contributed by atoms with E-state index in [2.05, 4.69) is 10.6 Å². The van der Waals surface area contributed by atoms with Gasteiger partial charge in [-0.25, -0.2) is 4.79 Å². The maximum atomic E-state index is 11.7. The number of alkyl carbamates (subject to hydrolysis) is 1. The molecule has 1 rings (SSSR count). The molecule has 0 heterocycles. The molecule has 2 amide bonds. The highest BCUT2D eigenvalue weighted by Crippen LogP contribution is 2.09. The molecule has 1 aliphatic rings. The number of hydrogen-bond acceptors (Lipinski definition) is 3. The third-order valence-electron chi connectivity index (χ3n) is 3.62. The summed E-state index contributed by atoms with van der Waals surface area (Å²) >= 11 is 0. The third-order valence-corrected chi connectivity index (χ3v) is 3.62. The molecule has 0 aromatic heterocycles. The van der Waals surface area contributed by atoms with E-state index >= 15 is 0 Å². The van der Waals surface area contributed by atoms with Gasteiger partial charge < -0.3 is 15.4 Å². The van der Waals surface area contributed by atoms with Crippen LogP contribution in [0.1, 0.15) is 59.3 Å². The second-order valence-electron chi connectivity index (χ2n) is 7.14. The molecule has 0 bridgehead atoms. The average molecular weight is 336 g/mol. The standard InChI is InChI=1S/C19H32N2O3/c1-19(2,3)24-18(23)21-15-11-7-5-4-6-10-14-20-17(22)16-12-8-9-13-16/h8-9,12-13,16H,4-7,10-11,14-15H2,1-3H3,(H,20,22)(H,21,23). The molecule has 0 saturated heterocycles. The number of unbranched alkanes of at least 4 members (excludes halogenated alkanes) is 5. The van der Waals surface area contributed by atoms with E-state index in [1.807, 2.05) is 45.1 Å². The highest BCUT2D eigenvalue weighted by Gasteiger charge is 2.15. The van der Waals surface area contributed by atoms with Crippen LogP contribution in [0, 0.1) is 5.92 Å². The molecular formula is C19H32N2O3. The minimum Gasteiger partial charge on any atom is -0.444 e. The number of hydrogen-bond donors (Lipinski definition) is 2. The highest BCUT2D eigenvalue weighted by molar-refractivity contribution is 5.83. The SMILES string of the molecule is CC(C)(C)OC(=O)NCCCCCCCCNC(=O)C1C=CC=C1. The van der Waals surface area contributed by atoms with Gasteiger partial charge in [0, 0.05) is 13.1 Å². The number of allylic oxidation sites excluding steroid dienone is 2. The lowest BCUT2D eigenvalue weighted by Crippen LogP contribution is -2.32. The Kier molecular flexibility index (Phi) is 9.20. The fraction of sp³-hybridized carbons (Fsp3) is 0.684. The van der Waals surface area contributed by atoms with Gasteiger partial charge in [0.05, 0.1) is 5.92 Å². The first-order valence-corrected chi connectivity index (χ1v) is 8.98. The molecule has 0 fully saturated rings. The Labute approximate surface area is 145 Å². The lowest BCUT2D eigenvalue weighted by atomic mass is 10.1. The average Bonchev–Trinajstić information content (AvgIpc) is 3.01. The van der Waals surface area contributed by atoms with E-state index in [-0.39, 0.29) is 17.9 Å². The normalized spacial score (nSPS) is 14.0. The first-order valence-electron chi connectivity index (χ1n) is 8.98. The Morgan fingerprint density at radius 2 is 1.38 bits per heavy atom. The summed E-state index contributed by atoms with van der Waals surface area (Å²) < 4.78 is 5.17. The van der Waals surface area contributed by atoms with Crippen molar-refractivity contribution in [3.63, 3.8) is 0 Å². The molecule has 0 atom stereocenters. The molecular weight excluding hydrogens is 304 g/mol. The van der Waals surface area contributed by atoms with Crippen molar-refractivity contribution >= 4 is 12.0 Å². The molecule has 0 aliphatic heterocycles. The van der Waals surface area contributed by atoms with Crippen LogP contribution < -0.4 is 10.6 Å². The molecule has 0 aromatic rings. The highest BCUT2D eigenvalue weighted by atomic mass is 16.6. The number of carbonyl (C=O) groups is 2. The van der Waals surface area contributed by atoms with E-state index in [0.29, 0.717) is 6.54 Å². The van der Waals surface area contributed by atoms with Gasteiger partial charge in [0.2, 0.25) is 5.91 Å². The van der Waals surface area contributed by atoms with Crippen LogP contribution in [0.5, 0.6) is 0 Å². The van der Waals surface area contributed by atoms with Gasteiger partial charge >= 0.3 is 6.09 Å². The summed E-state index contributed by atoms with van der Waals surface area (Å²) in [7, 11) is 0. The first-order chi connectivity index (χ1) is 11.4. The summed E-state index contributed by atoms with van der Waals surface area (Å²) in [5.41, 5.74) is -0.441. The van der Waals surface area contributed by atoms with Crippen molar-refractivity contribution in [2.45, 2.75) is 64.9 Å². The Bertz CT molecular complexity index is 438. The topological polar surface area (TPSA) is 67.4 Å². The van der Waals surface area contributed by atoms with Gasteiger partial charge in [-0.05, 0) is 33.6 Å². The van der Waals surface area contributed by atoms with Gasteiger partial charge in [-0.1, -0.05) is 50.0 Å². The van der Waals surface area contributed by atoms with Crippen molar-refractivity contribution in [3.8, 4) is 0 Å². The molecule has 0 radical (unpaired) electrons. The molecule has 0 aromatic carbocycles.